The molecule has 9 heteroatoms. The lowest BCUT2D eigenvalue weighted by molar-refractivity contribution is -0.385. The minimum absolute atomic E-state index is 0.0360. The fourth-order valence-corrected chi connectivity index (χ4v) is 3.28. The number of piperazine rings is 1. The summed E-state index contributed by atoms with van der Waals surface area (Å²) in [6, 6.07) is 11.8. The molecule has 0 unspecified atom stereocenters. The third kappa shape index (κ3) is 4.45. The van der Waals surface area contributed by atoms with E-state index in [1.54, 1.807) is 11.0 Å². The Morgan fingerprint density at radius 1 is 1.18 bits per heavy atom. The van der Waals surface area contributed by atoms with E-state index in [0.29, 0.717) is 37.0 Å². The van der Waals surface area contributed by atoms with Crippen molar-refractivity contribution in [1.82, 2.24) is 4.90 Å². The summed E-state index contributed by atoms with van der Waals surface area (Å²) in [6.07, 6.45) is 0. The van der Waals surface area contributed by atoms with Crippen LogP contribution in [0.5, 0.6) is 11.5 Å². The molecule has 1 saturated heterocycles. The van der Waals surface area contributed by atoms with Crippen LogP contribution in [0.25, 0.3) is 0 Å². The molecule has 1 aliphatic rings. The summed E-state index contributed by atoms with van der Waals surface area (Å²) in [5.41, 5.74) is 0.706. The summed E-state index contributed by atoms with van der Waals surface area (Å²) in [4.78, 5) is 26.9. The molecule has 8 nitrogen and oxygen atoms in total. The number of amides is 1. The van der Waals surface area contributed by atoms with Crippen LogP contribution < -0.4 is 14.4 Å². The molecule has 0 atom stereocenters. The summed E-state index contributed by atoms with van der Waals surface area (Å²) < 4.78 is 10.4. The number of hydrogen-bond acceptors (Lipinski definition) is 6. The van der Waals surface area contributed by atoms with Gasteiger partial charge in [-0.15, -0.1) is 0 Å². The van der Waals surface area contributed by atoms with E-state index in [9.17, 15) is 14.9 Å². The highest BCUT2D eigenvalue weighted by atomic mass is 35.5. The van der Waals surface area contributed by atoms with Crippen LogP contribution in [-0.4, -0.2) is 55.6 Å². The van der Waals surface area contributed by atoms with E-state index in [4.69, 9.17) is 21.1 Å². The second-order valence-electron chi connectivity index (χ2n) is 6.20. The molecule has 0 N–H and O–H groups in total. The fraction of sp³-hybridized carbons (Fsp3) is 0.316. The lowest BCUT2D eigenvalue weighted by Crippen LogP contribution is -2.50. The van der Waals surface area contributed by atoms with E-state index < -0.39 is 4.92 Å². The Bertz CT molecular complexity index is 868. The Hall–Kier alpha value is -3.00. The molecule has 2 aromatic carbocycles. The van der Waals surface area contributed by atoms with Gasteiger partial charge in [-0.3, -0.25) is 14.9 Å². The molecule has 0 aromatic heterocycles. The zero-order valence-corrected chi connectivity index (χ0v) is 16.1. The summed E-state index contributed by atoms with van der Waals surface area (Å²) in [5, 5.41) is 11.9. The first-order valence-electron chi connectivity index (χ1n) is 8.72. The quantitative estimate of drug-likeness (QED) is 0.542. The number of carbonyl (C=O) groups is 1. The predicted molar refractivity (Wildman–Crippen MR) is 105 cm³/mol. The van der Waals surface area contributed by atoms with Crippen molar-refractivity contribution in [3.63, 3.8) is 0 Å². The van der Waals surface area contributed by atoms with Gasteiger partial charge in [-0.25, -0.2) is 0 Å². The first kappa shape index (κ1) is 19.8. The standard InChI is InChI=1S/C19H20ClN3O5/c1-27-14-6-7-18(17(12-14)23(25)26)28-13-19(24)22-10-8-21(9-11-22)16-5-3-2-4-15(16)20/h2-7,12H,8-11,13H2,1H3. The molecule has 2 aromatic rings. The Morgan fingerprint density at radius 3 is 2.54 bits per heavy atom. The van der Waals surface area contributed by atoms with Crippen molar-refractivity contribution >= 4 is 28.9 Å². The molecule has 0 bridgehead atoms. The summed E-state index contributed by atoms with van der Waals surface area (Å²) >= 11 is 6.23. The summed E-state index contributed by atoms with van der Waals surface area (Å²) in [5.74, 6) is 0.166. The van der Waals surface area contributed by atoms with E-state index >= 15 is 0 Å². The summed E-state index contributed by atoms with van der Waals surface area (Å²) in [7, 11) is 1.42. The maximum Gasteiger partial charge on any atom is 0.314 e. The number of nitro groups is 1. The van der Waals surface area contributed by atoms with E-state index in [2.05, 4.69) is 4.90 Å². The number of benzene rings is 2. The minimum Gasteiger partial charge on any atom is -0.496 e. The highest BCUT2D eigenvalue weighted by Crippen LogP contribution is 2.31. The molecular weight excluding hydrogens is 386 g/mol. The Kier molecular flexibility index (Phi) is 6.20. The summed E-state index contributed by atoms with van der Waals surface area (Å²) in [6.45, 7) is 2.09. The molecule has 1 aliphatic heterocycles. The van der Waals surface area contributed by atoms with Gasteiger partial charge in [0.1, 0.15) is 5.75 Å². The average Bonchev–Trinajstić information content (AvgIpc) is 2.72. The Labute approximate surface area is 167 Å². The Morgan fingerprint density at radius 2 is 1.89 bits per heavy atom. The molecule has 0 aliphatic carbocycles. The van der Waals surface area contributed by atoms with Crippen molar-refractivity contribution in [2.24, 2.45) is 0 Å². The molecule has 148 valence electrons. The van der Waals surface area contributed by atoms with Crippen molar-refractivity contribution in [2.75, 3.05) is 44.8 Å². The van der Waals surface area contributed by atoms with Crippen LogP contribution in [-0.2, 0) is 4.79 Å². The maximum atomic E-state index is 12.4. The zero-order valence-electron chi connectivity index (χ0n) is 15.3. The molecule has 28 heavy (non-hydrogen) atoms. The third-order valence-electron chi connectivity index (χ3n) is 4.54. The second kappa shape index (κ2) is 8.79. The van der Waals surface area contributed by atoms with Crippen LogP contribution in [0.1, 0.15) is 0 Å². The molecule has 1 heterocycles. The van der Waals surface area contributed by atoms with Crippen LogP contribution in [0.3, 0.4) is 0 Å². The van der Waals surface area contributed by atoms with Crippen molar-refractivity contribution < 1.29 is 19.2 Å². The number of nitro benzene ring substituents is 1. The number of para-hydroxylation sites is 1. The minimum atomic E-state index is -0.565. The van der Waals surface area contributed by atoms with Crippen molar-refractivity contribution in [3.8, 4) is 11.5 Å². The van der Waals surface area contributed by atoms with Crippen LogP contribution in [0.4, 0.5) is 11.4 Å². The Balaban J connectivity index is 1.57. The monoisotopic (exact) mass is 405 g/mol. The van der Waals surface area contributed by atoms with Crippen LogP contribution in [0.2, 0.25) is 5.02 Å². The maximum absolute atomic E-state index is 12.4. The molecule has 0 radical (unpaired) electrons. The third-order valence-corrected chi connectivity index (χ3v) is 4.86. The smallest absolute Gasteiger partial charge is 0.314 e. The highest BCUT2D eigenvalue weighted by Gasteiger charge is 2.24. The second-order valence-corrected chi connectivity index (χ2v) is 6.61. The number of anilines is 1. The van der Waals surface area contributed by atoms with Gasteiger partial charge in [0.2, 0.25) is 0 Å². The van der Waals surface area contributed by atoms with Gasteiger partial charge in [-0.05, 0) is 24.3 Å². The highest BCUT2D eigenvalue weighted by molar-refractivity contribution is 6.33. The van der Waals surface area contributed by atoms with Gasteiger partial charge >= 0.3 is 5.69 Å². The lowest BCUT2D eigenvalue weighted by Gasteiger charge is -2.36. The van der Waals surface area contributed by atoms with Crippen LogP contribution in [0.15, 0.2) is 42.5 Å². The van der Waals surface area contributed by atoms with Crippen LogP contribution in [0, 0.1) is 10.1 Å². The molecule has 0 spiro atoms. The largest absolute Gasteiger partial charge is 0.496 e. The topological polar surface area (TPSA) is 85.2 Å². The number of halogens is 1. The van der Waals surface area contributed by atoms with E-state index in [0.717, 1.165) is 5.69 Å². The number of ether oxygens (including phenoxy) is 2. The molecular formula is C19H20ClN3O5. The average molecular weight is 406 g/mol. The van der Waals surface area contributed by atoms with Gasteiger partial charge in [0.05, 0.1) is 28.8 Å². The lowest BCUT2D eigenvalue weighted by atomic mass is 10.2. The SMILES string of the molecule is COc1ccc(OCC(=O)N2CCN(c3ccccc3Cl)CC2)c([N+](=O)[O-])c1. The molecule has 0 saturated carbocycles. The first-order chi connectivity index (χ1) is 13.5. The van der Waals surface area contributed by atoms with E-state index in [-0.39, 0.29) is 24.0 Å². The van der Waals surface area contributed by atoms with Gasteiger partial charge < -0.3 is 19.3 Å². The fourth-order valence-electron chi connectivity index (χ4n) is 3.02. The molecule has 3 rings (SSSR count). The predicted octanol–water partition coefficient (Wildman–Crippen LogP) is 2.98. The van der Waals surface area contributed by atoms with E-state index in [1.165, 1.54) is 19.2 Å². The van der Waals surface area contributed by atoms with Crippen molar-refractivity contribution in [3.05, 3.63) is 57.6 Å². The van der Waals surface area contributed by atoms with Gasteiger partial charge in [0.15, 0.2) is 12.4 Å². The van der Waals surface area contributed by atoms with Gasteiger partial charge in [-0.1, -0.05) is 23.7 Å². The van der Waals surface area contributed by atoms with E-state index in [1.807, 2.05) is 24.3 Å². The van der Waals surface area contributed by atoms with Gasteiger partial charge in [0, 0.05) is 26.2 Å². The number of rotatable bonds is 6. The zero-order chi connectivity index (χ0) is 20.1. The van der Waals surface area contributed by atoms with Crippen molar-refractivity contribution in [2.45, 2.75) is 0 Å². The normalized spacial score (nSPS) is 13.9. The van der Waals surface area contributed by atoms with Crippen molar-refractivity contribution in [1.29, 1.82) is 0 Å². The number of nitrogens with zero attached hydrogens (tertiary/aromatic N) is 3. The number of hydrogen-bond donors (Lipinski definition) is 0. The van der Waals surface area contributed by atoms with Crippen LogP contribution >= 0.6 is 11.6 Å². The molecule has 1 amide bonds. The molecule has 1 fully saturated rings. The van der Waals surface area contributed by atoms with Gasteiger partial charge in [-0.2, -0.15) is 0 Å². The van der Waals surface area contributed by atoms with Gasteiger partial charge in [0.25, 0.3) is 5.91 Å². The number of methoxy groups -OCH3 is 1. The number of carbonyl (C=O) groups excluding carboxylic acids is 1. The first-order valence-corrected chi connectivity index (χ1v) is 9.10.